The zero-order chi connectivity index (χ0) is 13.8. The van der Waals surface area contributed by atoms with Gasteiger partial charge < -0.3 is 10.5 Å². The first-order chi connectivity index (χ1) is 9.21. The van der Waals surface area contributed by atoms with E-state index < -0.39 is 0 Å². The standard InChI is InChI=1S/C14H17N3O2/c1-3-17-14(15)12(9-18)13(16-17)10-5-7-11(8-6-10)19-4-2/h5-9H,3-4,15H2,1-2H3. The summed E-state index contributed by atoms with van der Waals surface area (Å²) in [4.78, 5) is 11.2. The van der Waals surface area contributed by atoms with Crippen molar-refractivity contribution in [2.45, 2.75) is 20.4 Å². The highest BCUT2D eigenvalue weighted by Crippen LogP contribution is 2.27. The van der Waals surface area contributed by atoms with Gasteiger partial charge in [0.15, 0.2) is 6.29 Å². The van der Waals surface area contributed by atoms with Crippen LogP contribution in [-0.4, -0.2) is 22.7 Å². The molecule has 0 aliphatic rings. The van der Waals surface area contributed by atoms with Crippen LogP contribution in [0, 0.1) is 0 Å². The lowest BCUT2D eigenvalue weighted by Crippen LogP contribution is -2.02. The van der Waals surface area contributed by atoms with Crippen molar-refractivity contribution >= 4 is 12.1 Å². The molecule has 5 nitrogen and oxygen atoms in total. The number of ether oxygens (including phenoxy) is 1. The number of nitrogens with two attached hydrogens (primary N) is 1. The van der Waals surface area contributed by atoms with Gasteiger partial charge in [-0.1, -0.05) is 0 Å². The second-order valence-electron chi connectivity index (χ2n) is 4.04. The summed E-state index contributed by atoms with van der Waals surface area (Å²) in [6.45, 7) is 5.11. The average Bonchev–Trinajstić information content (AvgIpc) is 2.76. The molecule has 0 bridgehead atoms. The molecule has 0 atom stereocenters. The average molecular weight is 259 g/mol. The number of nitrogens with zero attached hydrogens (tertiary/aromatic N) is 2. The fraction of sp³-hybridized carbons (Fsp3) is 0.286. The van der Waals surface area contributed by atoms with Gasteiger partial charge in [0, 0.05) is 12.1 Å². The van der Waals surface area contributed by atoms with Crippen molar-refractivity contribution in [1.29, 1.82) is 0 Å². The predicted molar refractivity (Wildman–Crippen MR) is 74.3 cm³/mol. The molecule has 0 radical (unpaired) electrons. The van der Waals surface area contributed by atoms with E-state index in [1.165, 1.54) is 0 Å². The van der Waals surface area contributed by atoms with E-state index in [9.17, 15) is 4.79 Å². The van der Waals surface area contributed by atoms with E-state index in [0.29, 0.717) is 30.2 Å². The number of nitrogen functional groups attached to an aromatic ring is 1. The minimum absolute atomic E-state index is 0.404. The van der Waals surface area contributed by atoms with Crippen LogP contribution in [0.2, 0.25) is 0 Å². The molecular formula is C14H17N3O2. The lowest BCUT2D eigenvalue weighted by atomic mass is 10.1. The molecule has 0 unspecified atom stereocenters. The van der Waals surface area contributed by atoms with Crippen molar-refractivity contribution in [3.63, 3.8) is 0 Å². The number of hydrogen-bond donors (Lipinski definition) is 1. The smallest absolute Gasteiger partial charge is 0.156 e. The van der Waals surface area contributed by atoms with Crippen molar-refractivity contribution in [3.8, 4) is 17.0 Å². The Morgan fingerprint density at radius 2 is 2.00 bits per heavy atom. The summed E-state index contributed by atoms with van der Waals surface area (Å²) in [7, 11) is 0. The molecule has 1 aromatic heterocycles. The largest absolute Gasteiger partial charge is 0.494 e. The molecule has 0 aliphatic heterocycles. The highest BCUT2D eigenvalue weighted by molar-refractivity contribution is 5.91. The van der Waals surface area contributed by atoms with Crippen LogP contribution in [0.25, 0.3) is 11.3 Å². The molecule has 0 saturated heterocycles. The fourth-order valence-corrected chi connectivity index (χ4v) is 1.93. The zero-order valence-corrected chi connectivity index (χ0v) is 11.1. The third-order valence-corrected chi connectivity index (χ3v) is 2.89. The topological polar surface area (TPSA) is 70.1 Å². The number of aryl methyl sites for hydroxylation is 1. The van der Waals surface area contributed by atoms with Crippen LogP contribution >= 0.6 is 0 Å². The first-order valence-electron chi connectivity index (χ1n) is 6.25. The van der Waals surface area contributed by atoms with Gasteiger partial charge in [-0.2, -0.15) is 5.10 Å². The molecular weight excluding hydrogens is 242 g/mol. The Kier molecular flexibility index (Phi) is 3.85. The van der Waals surface area contributed by atoms with Gasteiger partial charge in [0.1, 0.15) is 17.3 Å². The van der Waals surface area contributed by atoms with E-state index >= 15 is 0 Å². The third kappa shape index (κ3) is 2.45. The zero-order valence-electron chi connectivity index (χ0n) is 11.1. The maximum absolute atomic E-state index is 11.2. The van der Waals surface area contributed by atoms with E-state index in [4.69, 9.17) is 10.5 Å². The monoisotopic (exact) mass is 259 g/mol. The van der Waals surface area contributed by atoms with Crippen molar-refractivity contribution in [2.24, 2.45) is 0 Å². The van der Waals surface area contributed by atoms with Crippen LogP contribution in [0.3, 0.4) is 0 Å². The first-order valence-corrected chi connectivity index (χ1v) is 6.25. The third-order valence-electron chi connectivity index (χ3n) is 2.89. The number of benzene rings is 1. The Bertz CT molecular complexity index is 573. The van der Waals surface area contributed by atoms with Crippen LogP contribution in [0.1, 0.15) is 24.2 Å². The molecule has 19 heavy (non-hydrogen) atoms. The number of hydrogen-bond acceptors (Lipinski definition) is 4. The van der Waals surface area contributed by atoms with Gasteiger partial charge in [0.05, 0.1) is 12.2 Å². The Morgan fingerprint density at radius 3 is 2.53 bits per heavy atom. The predicted octanol–water partition coefficient (Wildman–Crippen LogP) is 2.36. The van der Waals surface area contributed by atoms with Crippen molar-refractivity contribution in [1.82, 2.24) is 9.78 Å². The summed E-state index contributed by atoms with van der Waals surface area (Å²) >= 11 is 0. The van der Waals surface area contributed by atoms with Gasteiger partial charge >= 0.3 is 0 Å². The minimum Gasteiger partial charge on any atom is -0.494 e. The Balaban J connectivity index is 2.43. The van der Waals surface area contributed by atoms with E-state index in [-0.39, 0.29) is 0 Å². The Morgan fingerprint density at radius 1 is 1.32 bits per heavy atom. The number of rotatable bonds is 5. The summed E-state index contributed by atoms with van der Waals surface area (Å²) < 4.78 is 7.00. The van der Waals surface area contributed by atoms with Crippen molar-refractivity contribution in [2.75, 3.05) is 12.3 Å². The lowest BCUT2D eigenvalue weighted by Gasteiger charge is -2.03. The van der Waals surface area contributed by atoms with E-state index in [2.05, 4.69) is 5.10 Å². The van der Waals surface area contributed by atoms with E-state index in [1.54, 1.807) is 4.68 Å². The molecule has 0 fully saturated rings. The molecule has 2 rings (SSSR count). The quantitative estimate of drug-likeness (QED) is 0.837. The summed E-state index contributed by atoms with van der Waals surface area (Å²) in [5.41, 5.74) is 7.78. The van der Waals surface area contributed by atoms with Crippen LogP contribution in [0.15, 0.2) is 24.3 Å². The maximum atomic E-state index is 11.2. The van der Waals surface area contributed by atoms with Gasteiger partial charge in [-0.25, -0.2) is 4.68 Å². The molecule has 2 N–H and O–H groups in total. The summed E-state index contributed by atoms with van der Waals surface area (Å²) in [5.74, 6) is 1.20. The summed E-state index contributed by atoms with van der Waals surface area (Å²) in [6.07, 6.45) is 0.750. The number of aromatic nitrogens is 2. The van der Waals surface area contributed by atoms with Gasteiger partial charge in [-0.15, -0.1) is 0 Å². The molecule has 100 valence electrons. The van der Waals surface area contributed by atoms with Crippen molar-refractivity contribution < 1.29 is 9.53 Å². The van der Waals surface area contributed by atoms with Crippen LogP contribution in [-0.2, 0) is 6.54 Å². The fourth-order valence-electron chi connectivity index (χ4n) is 1.93. The number of anilines is 1. The normalized spacial score (nSPS) is 10.4. The number of carbonyl (C=O) groups excluding carboxylic acids is 1. The van der Waals surface area contributed by atoms with Gasteiger partial charge in [0.2, 0.25) is 0 Å². The lowest BCUT2D eigenvalue weighted by molar-refractivity contribution is 0.112. The second kappa shape index (κ2) is 5.56. The molecule has 1 aromatic carbocycles. The second-order valence-corrected chi connectivity index (χ2v) is 4.04. The summed E-state index contributed by atoms with van der Waals surface area (Å²) in [5, 5.41) is 4.36. The van der Waals surface area contributed by atoms with Crippen LogP contribution in [0.5, 0.6) is 5.75 Å². The molecule has 0 saturated carbocycles. The number of aldehydes is 1. The Hall–Kier alpha value is -2.30. The van der Waals surface area contributed by atoms with Gasteiger partial charge in [0.25, 0.3) is 0 Å². The van der Waals surface area contributed by atoms with Crippen LogP contribution in [0.4, 0.5) is 5.82 Å². The molecule has 5 heteroatoms. The van der Waals surface area contributed by atoms with E-state index in [0.717, 1.165) is 17.6 Å². The highest BCUT2D eigenvalue weighted by atomic mass is 16.5. The highest BCUT2D eigenvalue weighted by Gasteiger charge is 2.15. The summed E-state index contributed by atoms with van der Waals surface area (Å²) in [6, 6.07) is 7.46. The van der Waals surface area contributed by atoms with E-state index in [1.807, 2.05) is 38.1 Å². The first kappa shape index (κ1) is 13.1. The Labute approximate surface area is 112 Å². The SMILES string of the molecule is CCOc1ccc(-c2nn(CC)c(N)c2C=O)cc1. The molecule has 2 aromatic rings. The number of carbonyl (C=O) groups is 1. The minimum atomic E-state index is 0.404. The van der Waals surface area contributed by atoms with Crippen LogP contribution < -0.4 is 10.5 Å². The van der Waals surface area contributed by atoms with Gasteiger partial charge in [-0.05, 0) is 38.1 Å². The maximum Gasteiger partial charge on any atom is 0.156 e. The molecule has 0 aliphatic carbocycles. The van der Waals surface area contributed by atoms with Crippen molar-refractivity contribution in [3.05, 3.63) is 29.8 Å². The molecule has 1 heterocycles. The molecule has 0 amide bonds. The molecule has 0 spiro atoms. The van der Waals surface area contributed by atoms with Gasteiger partial charge in [-0.3, -0.25) is 4.79 Å².